The van der Waals surface area contributed by atoms with Crippen molar-refractivity contribution in [2.75, 3.05) is 31.6 Å². The Hall–Kier alpha value is -3.59. The molecule has 0 atom stereocenters. The fourth-order valence-electron chi connectivity index (χ4n) is 3.21. The monoisotopic (exact) mass is 486 g/mol. The van der Waals surface area contributed by atoms with Crippen molar-refractivity contribution in [3.63, 3.8) is 0 Å². The van der Waals surface area contributed by atoms with Gasteiger partial charge in [-0.3, -0.25) is 9.10 Å². The van der Waals surface area contributed by atoms with E-state index in [9.17, 15) is 17.6 Å². The summed E-state index contributed by atoms with van der Waals surface area (Å²) >= 11 is 0. The summed E-state index contributed by atoms with van der Waals surface area (Å²) in [6, 6.07) is 18.4. The van der Waals surface area contributed by atoms with Crippen LogP contribution in [0.25, 0.3) is 0 Å². The third-order valence-corrected chi connectivity index (χ3v) is 6.92. The van der Waals surface area contributed by atoms with Crippen LogP contribution in [-0.4, -0.2) is 41.6 Å². The molecule has 0 aliphatic carbocycles. The molecule has 0 heterocycles. The number of anilines is 1. The first-order valence-corrected chi connectivity index (χ1v) is 12.2. The van der Waals surface area contributed by atoms with Gasteiger partial charge in [-0.1, -0.05) is 12.1 Å². The van der Waals surface area contributed by atoms with Gasteiger partial charge in [0.2, 0.25) is 0 Å². The molecule has 0 fully saturated rings. The zero-order chi connectivity index (χ0) is 24.6. The Bertz CT molecular complexity index is 1200. The normalized spacial score (nSPS) is 11.0. The molecule has 1 amide bonds. The van der Waals surface area contributed by atoms with Gasteiger partial charge < -0.3 is 14.8 Å². The number of ether oxygens (including phenoxy) is 2. The number of methoxy groups -OCH3 is 1. The molecule has 3 rings (SSSR count). The van der Waals surface area contributed by atoms with Crippen molar-refractivity contribution in [2.45, 2.75) is 17.7 Å². The SMILES string of the molecule is COc1ccccc1N(C)S(=O)(=O)c1ccc(C(=O)NCCCCOc2ccc(F)cc2)cc1. The number of nitrogens with one attached hydrogen (secondary N) is 1. The average molecular weight is 487 g/mol. The second-order valence-electron chi connectivity index (χ2n) is 7.43. The highest BCUT2D eigenvalue weighted by molar-refractivity contribution is 7.92. The minimum absolute atomic E-state index is 0.0652. The maximum Gasteiger partial charge on any atom is 0.264 e. The van der Waals surface area contributed by atoms with Gasteiger partial charge in [0.15, 0.2) is 0 Å². The van der Waals surface area contributed by atoms with E-state index >= 15 is 0 Å². The Morgan fingerprint density at radius 2 is 1.65 bits per heavy atom. The van der Waals surface area contributed by atoms with Crippen LogP contribution in [-0.2, 0) is 10.0 Å². The summed E-state index contributed by atoms with van der Waals surface area (Å²) in [5.41, 5.74) is 0.775. The molecule has 7 nitrogen and oxygen atoms in total. The summed E-state index contributed by atoms with van der Waals surface area (Å²) in [7, 11) is -0.903. The number of rotatable bonds is 11. The summed E-state index contributed by atoms with van der Waals surface area (Å²) in [4.78, 5) is 12.4. The third-order valence-electron chi connectivity index (χ3n) is 5.14. The molecule has 3 aromatic rings. The number of hydrogen-bond donors (Lipinski definition) is 1. The van der Waals surface area contributed by atoms with Crippen LogP contribution in [0.1, 0.15) is 23.2 Å². The molecular weight excluding hydrogens is 459 g/mol. The molecule has 0 aromatic heterocycles. The van der Waals surface area contributed by atoms with E-state index in [4.69, 9.17) is 9.47 Å². The van der Waals surface area contributed by atoms with Crippen LogP contribution in [0.2, 0.25) is 0 Å². The number of hydrogen-bond acceptors (Lipinski definition) is 5. The summed E-state index contributed by atoms with van der Waals surface area (Å²) in [6.07, 6.45) is 1.41. The standard InChI is InChI=1S/C25H27FN2O5S/c1-28(23-7-3-4-8-24(23)32-2)34(30,31)22-15-9-19(10-16-22)25(29)27-17-5-6-18-33-21-13-11-20(26)12-14-21/h3-4,7-16H,5-6,17-18H2,1-2H3,(H,27,29). The Balaban J connectivity index is 1.50. The van der Waals surface area contributed by atoms with E-state index in [1.54, 1.807) is 36.4 Å². The maximum atomic E-state index is 13.0. The largest absolute Gasteiger partial charge is 0.495 e. The fraction of sp³-hybridized carbons (Fsp3) is 0.240. The quantitative estimate of drug-likeness (QED) is 0.410. The summed E-state index contributed by atoms with van der Waals surface area (Å²) in [6.45, 7) is 0.899. The number of amides is 1. The summed E-state index contributed by atoms with van der Waals surface area (Å²) in [5.74, 6) is 0.426. The molecule has 180 valence electrons. The van der Waals surface area contributed by atoms with E-state index in [-0.39, 0.29) is 16.6 Å². The molecular formula is C25H27FN2O5S. The van der Waals surface area contributed by atoms with Crippen LogP contribution >= 0.6 is 0 Å². The van der Waals surface area contributed by atoms with Crippen molar-refractivity contribution in [2.24, 2.45) is 0 Å². The molecule has 0 unspecified atom stereocenters. The van der Waals surface area contributed by atoms with E-state index in [1.807, 2.05) is 0 Å². The average Bonchev–Trinajstić information content (AvgIpc) is 2.86. The van der Waals surface area contributed by atoms with Gasteiger partial charge in [-0.2, -0.15) is 0 Å². The fourth-order valence-corrected chi connectivity index (χ4v) is 4.41. The van der Waals surface area contributed by atoms with Crippen LogP contribution in [0.15, 0.2) is 77.7 Å². The van der Waals surface area contributed by atoms with E-state index in [1.165, 1.54) is 50.6 Å². The first-order chi connectivity index (χ1) is 16.3. The van der Waals surface area contributed by atoms with Gasteiger partial charge in [0.05, 0.1) is 24.3 Å². The van der Waals surface area contributed by atoms with Crippen LogP contribution in [0.4, 0.5) is 10.1 Å². The van der Waals surface area contributed by atoms with Crippen molar-refractivity contribution in [1.29, 1.82) is 0 Å². The lowest BCUT2D eigenvalue weighted by Crippen LogP contribution is -2.27. The van der Waals surface area contributed by atoms with Gasteiger partial charge in [-0.15, -0.1) is 0 Å². The molecule has 0 saturated heterocycles. The molecule has 0 spiro atoms. The first kappa shape index (κ1) is 25.0. The van der Waals surface area contributed by atoms with Crippen LogP contribution in [0, 0.1) is 5.82 Å². The molecule has 3 aromatic carbocycles. The topological polar surface area (TPSA) is 84.9 Å². The molecule has 1 N–H and O–H groups in total. The number of carbonyl (C=O) groups is 1. The van der Waals surface area contributed by atoms with E-state index in [0.717, 1.165) is 4.31 Å². The second-order valence-corrected chi connectivity index (χ2v) is 9.40. The van der Waals surface area contributed by atoms with Crippen molar-refractivity contribution in [3.8, 4) is 11.5 Å². The zero-order valence-electron chi connectivity index (χ0n) is 19.0. The van der Waals surface area contributed by atoms with Crippen LogP contribution < -0.4 is 19.1 Å². The van der Waals surface area contributed by atoms with Gasteiger partial charge in [0, 0.05) is 19.2 Å². The van der Waals surface area contributed by atoms with Crippen molar-refractivity contribution < 1.29 is 27.1 Å². The Morgan fingerprint density at radius 1 is 0.971 bits per heavy atom. The van der Waals surface area contributed by atoms with Crippen LogP contribution in [0.3, 0.4) is 0 Å². The first-order valence-electron chi connectivity index (χ1n) is 10.7. The summed E-state index contributed by atoms with van der Waals surface area (Å²) < 4.78 is 50.8. The van der Waals surface area contributed by atoms with E-state index < -0.39 is 10.0 Å². The van der Waals surface area contributed by atoms with Gasteiger partial charge >= 0.3 is 0 Å². The van der Waals surface area contributed by atoms with Gasteiger partial charge in [-0.05, 0) is 73.5 Å². The molecule has 34 heavy (non-hydrogen) atoms. The lowest BCUT2D eigenvalue weighted by Gasteiger charge is -2.21. The van der Waals surface area contributed by atoms with Crippen LogP contribution in [0.5, 0.6) is 11.5 Å². The Kier molecular flexibility index (Phi) is 8.48. The maximum absolute atomic E-state index is 13.0. The summed E-state index contributed by atoms with van der Waals surface area (Å²) in [5, 5.41) is 2.81. The van der Waals surface area contributed by atoms with Gasteiger partial charge in [0.1, 0.15) is 17.3 Å². The van der Waals surface area contributed by atoms with Gasteiger partial charge in [0.25, 0.3) is 15.9 Å². The number of unbranched alkanes of at least 4 members (excludes halogenated alkanes) is 1. The highest BCUT2D eigenvalue weighted by atomic mass is 32.2. The molecule has 0 aliphatic rings. The highest BCUT2D eigenvalue weighted by Gasteiger charge is 2.23. The number of sulfonamides is 1. The van der Waals surface area contributed by atoms with E-state index in [0.29, 0.717) is 48.7 Å². The molecule has 0 aliphatic heterocycles. The predicted molar refractivity (Wildman–Crippen MR) is 128 cm³/mol. The van der Waals surface area contributed by atoms with Gasteiger partial charge in [-0.25, -0.2) is 12.8 Å². The minimum Gasteiger partial charge on any atom is -0.495 e. The number of carbonyl (C=O) groups excluding carboxylic acids is 1. The minimum atomic E-state index is -3.83. The number of halogens is 1. The second kappa shape index (κ2) is 11.5. The van der Waals surface area contributed by atoms with Crippen molar-refractivity contribution in [3.05, 3.63) is 84.2 Å². The predicted octanol–water partition coefficient (Wildman–Crippen LogP) is 4.25. The third kappa shape index (κ3) is 6.26. The number of benzene rings is 3. The Morgan fingerprint density at radius 3 is 2.32 bits per heavy atom. The number of para-hydroxylation sites is 2. The molecule has 0 saturated carbocycles. The number of nitrogens with zero attached hydrogens (tertiary/aromatic N) is 1. The van der Waals surface area contributed by atoms with Crippen molar-refractivity contribution >= 4 is 21.6 Å². The molecule has 9 heteroatoms. The Labute approximate surface area is 199 Å². The lowest BCUT2D eigenvalue weighted by molar-refractivity contribution is 0.0952. The van der Waals surface area contributed by atoms with Crippen molar-refractivity contribution in [1.82, 2.24) is 5.32 Å². The highest BCUT2D eigenvalue weighted by Crippen LogP contribution is 2.30. The van der Waals surface area contributed by atoms with E-state index in [2.05, 4.69) is 5.32 Å². The smallest absolute Gasteiger partial charge is 0.264 e. The lowest BCUT2D eigenvalue weighted by atomic mass is 10.2. The zero-order valence-corrected chi connectivity index (χ0v) is 19.8. The molecule has 0 radical (unpaired) electrons. The molecule has 0 bridgehead atoms.